The number of nitrogens with zero attached hydrogens (tertiary/aromatic N) is 1. The van der Waals surface area contributed by atoms with Gasteiger partial charge in [0.2, 0.25) is 5.91 Å². The number of hydrogen-bond donors (Lipinski definition) is 1. The number of ether oxygens (including phenoxy) is 1. The predicted octanol–water partition coefficient (Wildman–Crippen LogP) is 3.56. The van der Waals surface area contributed by atoms with E-state index in [0.29, 0.717) is 22.6 Å². The second-order valence-corrected chi connectivity index (χ2v) is 6.64. The van der Waals surface area contributed by atoms with Crippen LogP contribution in [0.1, 0.15) is 46.0 Å². The summed E-state index contributed by atoms with van der Waals surface area (Å²) in [6.45, 7) is 2.05. The molecule has 0 unspecified atom stereocenters. The Bertz CT molecular complexity index is 857. The van der Waals surface area contributed by atoms with E-state index in [0.717, 1.165) is 12.0 Å². The smallest absolute Gasteiger partial charge is 0.253 e. The summed E-state index contributed by atoms with van der Waals surface area (Å²) in [5.74, 6) is -0.124. The van der Waals surface area contributed by atoms with Crippen molar-refractivity contribution in [1.29, 1.82) is 0 Å². The Balaban J connectivity index is 2.02. The molecule has 28 heavy (non-hydrogen) atoms. The molecule has 0 fully saturated rings. The monoisotopic (exact) mass is 382 g/mol. The summed E-state index contributed by atoms with van der Waals surface area (Å²) in [6, 6.07) is 12.3. The van der Waals surface area contributed by atoms with Crippen molar-refractivity contribution in [3.63, 3.8) is 0 Å². The van der Waals surface area contributed by atoms with Gasteiger partial charge in [-0.1, -0.05) is 31.2 Å². The Morgan fingerprint density at radius 3 is 2.18 bits per heavy atom. The number of benzene rings is 2. The van der Waals surface area contributed by atoms with Gasteiger partial charge in [0.15, 0.2) is 5.78 Å². The molecule has 0 radical (unpaired) electrons. The summed E-state index contributed by atoms with van der Waals surface area (Å²) >= 11 is 0. The molecular formula is C22H26N2O4. The van der Waals surface area contributed by atoms with E-state index >= 15 is 0 Å². The molecule has 2 rings (SSSR count). The van der Waals surface area contributed by atoms with Gasteiger partial charge < -0.3 is 15.0 Å². The number of Topliss-reactive ketones (excluding diaryl/α,β-unsaturated/α-hetero) is 1. The van der Waals surface area contributed by atoms with Crippen molar-refractivity contribution in [2.24, 2.45) is 0 Å². The topological polar surface area (TPSA) is 75.7 Å². The molecule has 0 spiro atoms. The van der Waals surface area contributed by atoms with Crippen LogP contribution in [-0.2, 0) is 11.2 Å². The molecule has 0 saturated carbocycles. The highest BCUT2D eigenvalue weighted by atomic mass is 16.5. The maximum absolute atomic E-state index is 12.3. The normalized spacial score (nSPS) is 10.3. The highest BCUT2D eigenvalue weighted by Crippen LogP contribution is 2.26. The van der Waals surface area contributed by atoms with E-state index in [4.69, 9.17) is 4.74 Å². The number of amides is 2. The van der Waals surface area contributed by atoms with Crippen LogP contribution in [0.2, 0.25) is 0 Å². The first-order valence-electron chi connectivity index (χ1n) is 9.17. The molecule has 0 bridgehead atoms. The van der Waals surface area contributed by atoms with Crippen LogP contribution in [0.4, 0.5) is 5.69 Å². The van der Waals surface area contributed by atoms with Crippen LogP contribution in [-0.4, -0.2) is 43.7 Å². The average Bonchev–Trinajstić information content (AvgIpc) is 2.71. The molecular weight excluding hydrogens is 356 g/mol. The highest BCUT2D eigenvalue weighted by Gasteiger charge is 2.15. The highest BCUT2D eigenvalue weighted by molar-refractivity contribution is 6.01. The molecule has 0 aliphatic heterocycles. The van der Waals surface area contributed by atoms with Gasteiger partial charge in [0.1, 0.15) is 5.75 Å². The number of hydrogen-bond acceptors (Lipinski definition) is 4. The fourth-order valence-corrected chi connectivity index (χ4v) is 2.71. The third-order valence-electron chi connectivity index (χ3n) is 4.39. The van der Waals surface area contributed by atoms with Gasteiger partial charge in [-0.25, -0.2) is 0 Å². The molecule has 6 nitrogen and oxygen atoms in total. The lowest BCUT2D eigenvalue weighted by molar-refractivity contribution is -0.116. The molecule has 2 aromatic carbocycles. The number of carbonyl (C=O) groups excluding carboxylic acids is 3. The van der Waals surface area contributed by atoms with Gasteiger partial charge in [-0.3, -0.25) is 14.4 Å². The lowest BCUT2D eigenvalue weighted by Gasteiger charge is -2.14. The Labute approximate surface area is 165 Å². The van der Waals surface area contributed by atoms with Gasteiger partial charge in [0, 0.05) is 38.1 Å². The minimum Gasteiger partial charge on any atom is -0.495 e. The van der Waals surface area contributed by atoms with Gasteiger partial charge in [-0.15, -0.1) is 0 Å². The first-order chi connectivity index (χ1) is 13.3. The van der Waals surface area contributed by atoms with Crippen molar-refractivity contribution in [1.82, 2.24) is 4.90 Å². The molecule has 6 heteroatoms. The van der Waals surface area contributed by atoms with E-state index in [9.17, 15) is 14.4 Å². The fraction of sp³-hybridized carbons (Fsp3) is 0.318. The summed E-state index contributed by atoms with van der Waals surface area (Å²) in [5, 5.41) is 2.73. The van der Waals surface area contributed by atoms with Crippen molar-refractivity contribution in [3.05, 3.63) is 59.2 Å². The van der Waals surface area contributed by atoms with Crippen LogP contribution in [0, 0.1) is 0 Å². The van der Waals surface area contributed by atoms with Crippen molar-refractivity contribution < 1.29 is 19.1 Å². The molecule has 0 atom stereocenters. The predicted molar refractivity (Wildman–Crippen MR) is 109 cm³/mol. The summed E-state index contributed by atoms with van der Waals surface area (Å²) in [7, 11) is 4.80. The van der Waals surface area contributed by atoms with Gasteiger partial charge in [0.05, 0.1) is 12.8 Å². The summed E-state index contributed by atoms with van der Waals surface area (Å²) in [6.07, 6.45) is 1.06. The van der Waals surface area contributed by atoms with Crippen molar-refractivity contribution in [2.45, 2.75) is 26.2 Å². The van der Waals surface area contributed by atoms with Crippen LogP contribution in [0.5, 0.6) is 5.75 Å². The zero-order valence-corrected chi connectivity index (χ0v) is 16.7. The molecule has 1 N–H and O–H groups in total. The van der Waals surface area contributed by atoms with Gasteiger partial charge in [-0.2, -0.15) is 0 Å². The molecule has 0 saturated heterocycles. The number of nitrogens with one attached hydrogen (secondary N) is 1. The third kappa shape index (κ3) is 5.42. The van der Waals surface area contributed by atoms with Crippen LogP contribution < -0.4 is 10.1 Å². The van der Waals surface area contributed by atoms with Gasteiger partial charge >= 0.3 is 0 Å². The minimum atomic E-state index is -0.314. The van der Waals surface area contributed by atoms with Crippen LogP contribution in [0.3, 0.4) is 0 Å². The largest absolute Gasteiger partial charge is 0.495 e. The Kier molecular flexibility index (Phi) is 7.32. The molecule has 2 amide bonds. The number of carbonyl (C=O) groups is 3. The molecule has 0 aliphatic rings. The molecule has 148 valence electrons. The van der Waals surface area contributed by atoms with E-state index < -0.39 is 0 Å². The number of ketones is 1. The SMILES string of the molecule is CCc1ccc(C(=O)CCC(=O)Nc2cc(C(=O)N(C)C)ccc2OC)cc1. The second kappa shape index (κ2) is 9.69. The second-order valence-electron chi connectivity index (χ2n) is 6.64. The van der Waals surface area contributed by atoms with E-state index in [1.165, 1.54) is 12.0 Å². The lowest BCUT2D eigenvalue weighted by Crippen LogP contribution is -2.22. The average molecular weight is 382 g/mol. The molecule has 0 aromatic heterocycles. The first kappa shape index (κ1) is 21.2. The van der Waals surface area contributed by atoms with Crippen LogP contribution >= 0.6 is 0 Å². The lowest BCUT2D eigenvalue weighted by atomic mass is 10.0. The fourth-order valence-electron chi connectivity index (χ4n) is 2.71. The van der Waals surface area contributed by atoms with Gasteiger partial charge in [-0.05, 0) is 30.2 Å². The number of methoxy groups -OCH3 is 1. The molecule has 0 aliphatic carbocycles. The Hall–Kier alpha value is -3.15. The molecule has 2 aromatic rings. The van der Waals surface area contributed by atoms with E-state index in [2.05, 4.69) is 12.2 Å². The van der Waals surface area contributed by atoms with Gasteiger partial charge in [0.25, 0.3) is 5.91 Å². The van der Waals surface area contributed by atoms with E-state index in [1.54, 1.807) is 44.4 Å². The third-order valence-corrected chi connectivity index (χ3v) is 4.39. The van der Waals surface area contributed by atoms with E-state index in [-0.39, 0.29) is 30.4 Å². The molecule has 0 heterocycles. The summed E-state index contributed by atoms with van der Waals surface area (Å²) in [4.78, 5) is 38.2. The van der Waals surface area contributed by atoms with Crippen LogP contribution in [0.25, 0.3) is 0 Å². The Morgan fingerprint density at radius 2 is 1.61 bits per heavy atom. The zero-order valence-electron chi connectivity index (χ0n) is 16.7. The maximum Gasteiger partial charge on any atom is 0.253 e. The van der Waals surface area contributed by atoms with E-state index in [1.807, 2.05) is 12.1 Å². The van der Waals surface area contributed by atoms with Crippen molar-refractivity contribution in [3.8, 4) is 5.75 Å². The standard InChI is InChI=1S/C22H26N2O4/c1-5-15-6-8-16(9-7-15)19(25)11-13-21(26)23-18-14-17(22(27)24(2)3)10-12-20(18)28-4/h6-10,12,14H,5,11,13H2,1-4H3,(H,23,26). The zero-order chi connectivity index (χ0) is 20.7. The number of rotatable bonds is 8. The summed E-state index contributed by atoms with van der Waals surface area (Å²) < 4.78 is 5.25. The van der Waals surface area contributed by atoms with Crippen LogP contribution in [0.15, 0.2) is 42.5 Å². The Morgan fingerprint density at radius 1 is 0.964 bits per heavy atom. The number of aryl methyl sites for hydroxylation is 1. The quantitative estimate of drug-likeness (QED) is 0.709. The minimum absolute atomic E-state index is 0.0450. The maximum atomic E-state index is 12.3. The van der Waals surface area contributed by atoms with Crippen molar-refractivity contribution >= 4 is 23.3 Å². The first-order valence-corrected chi connectivity index (χ1v) is 9.17. The summed E-state index contributed by atoms with van der Waals surface area (Å²) in [5.41, 5.74) is 2.60. The van der Waals surface area contributed by atoms with Crippen molar-refractivity contribution in [2.75, 3.05) is 26.5 Å². The number of anilines is 1.